The van der Waals surface area contributed by atoms with Crippen LogP contribution in [0.2, 0.25) is 0 Å². The summed E-state index contributed by atoms with van der Waals surface area (Å²) in [6, 6.07) is 0.0833. The van der Waals surface area contributed by atoms with Crippen molar-refractivity contribution in [3.05, 3.63) is 0 Å². The first-order chi connectivity index (χ1) is 7.44. The second kappa shape index (κ2) is 5.67. The zero-order valence-electron chi connectivity index (χ0n) is 11.2. The van der Waals surface area contributed by atoms with Crippen molar-refractivity contribution in [1.82, 2.24) is 10.2 Å². The number of carbonyl (C=O) groups is 1. The Kier molecular flexibility index (Phi) is 4.78. The third-order valence-electron chi connectivity index (χ3n) is 3.12. The molecule has 0 aromatic heterocycles. The van der Waals surface area contributed by atoms with E-state index in [1.165, 1.54) is 0 Å². The molecule has 0 aromatic carbocycles. The number of carbonyl (C=O) groups excluding carboxylic acids is 1. The molecule has 1 fully saturated rings. The van der Waals surface area contributed by atoms with Crippen molar-refractivity contribution in [1.29, 1.82) is 0 Å². The number of amides is 1. The molecule has 94 valence electrons. The molecule has 1 heterocycles. The SMILES string of the molecule is CCCCC1NCN(CCC(C)(C)C)C1=O. The van der Waals surface area contributed by atoms with Crippen molar-refractivity contribution < 1.29 is 4.79 Å². The van der Waals surface area contributed by atoms with Gasteiger partial charge in [-0.05, 0) is 18.3 Å². The summed E-state index contributed by atoms with van der Waals surface area (Å²) >= 11 is 0. The van der Waals surface area contributed by atoms with Crippen LogP contribution in [-0.2, 0) is 4.79 Å². The van der Waals surface area contributed by atoms with Crippen LogP contribution in [0.15, 0.2) is 0 Å². The first kappa shape index (κ1) is 13.5. The van der Waals surface area contributed by atoms with Crippen molar-refractivity contribution in [2.24, 2.45) is 5.41 Å². The molecule has 0 radical (unpaired) electrons. The molecule has 3 nitrogen and oxygen atoms in total. The van der Waals surface area contributed by atoms with Crippen LogP contribution < -0.4 is 5.32 Å². The predicted molar refractivity (Wildman–Crippen MR) is 67.1 cm³/mol. The molecule has 0 spiro atoms. The highest BCUT2D eigenvalue weighted by Gasteiger charge is 2.30. The summed E-state index contributed by atoms with van der Waals surface area (Å²) in [6.07, 6.45) is 4.35. The van der Waals surface area contributed by atoms with Crippen LogP contribution in [0.25, 0.3) is 0 Å². The molecule has 0 saturated carbocycles. The summed E-state index contributed by atoms with van der Waals surface area (Å²) in [6.45, 7) is 10.4. The van der Waals surface area contributed by atoms with Crippen molar-refractivity contribution in [2.75, 3.05) is 13.2 Å². The fraction of sp³-hybridized carbons (Fsp3) is 0.923. The molecule has 1 aliphatic heterocycles. The lowest BCUT2D eigenvalue weighted by atomic mass is 9.92. The van der Waals surface area contributed by atoms with E-state index >= 15 is 0 Å². The molecule has 0 bridgehead atoms. The van der Waals surface area contributed by atoms with E-state index < -0.39 is 0 Å². The van der Waals surface area contributed by atoms with Crippen LogP contribution in [0.3, 0.4) is 0 Å². The maximum atomic E-state index is 12.0. The molecule has 1 rings (SSSR count). The van der Waals surface area contributed by atoms with Crippen LogP contribution >= 0.6 is 0 Å². The van der Waals surface area contributed by atoms with E-state index in [0.29, 0.717) is 11.3 Å². The lowest BCUT2D eigenvalue weighted by Gasteiger charge is -2.22. The Morgan fingerprint density at radius 3 is 2.69 bits per heavy atom. The molecule has 1 amide bonds. The smallest absolute Gasteiger partial charge is 0.240 e. The Bertz CT molecular complexity index is 233. The lowest BCUT2D eigenvalue weighted by Crippen LogP contribution is -2.32. The maximum absolute atomic E-state index is 12.0. The standard InChI is InChI=1S/C13H26N2O/c1-5-6-7-11-12(16)15(10-14-11)9-8-13(2,3)4/h11,14H,5-10H2,1-4H3. The summed E-state index contributed by atoms with van der Waals surface area (Å²) in [4.78, 5) is 14.0. The maximum Gasteiger partial charge on any atom is 0.240 e. The molecule has 16 heavy (non-hydrogen) atoms. The monoisotopic (exact) mass is 226 g/mol. The number of nitrogens with zero attached hydrogens (tertiary/aromatic N) is 1. The highest BCUT2D eigenvalue weighted by atomic mass is 16.2. The van der Waals surface area contributed by atoms with Crippen molar-refractivity contribution in [2.45, 2.75) is 59.4 Å². The summed E-state index contributed by atoms with van der Waals surface area (Å²) in [5.41, 5.74) is 0.307. The molecule has 1 saturated heterocycles. The summed E-state index contributed by atoms with van der Waals surface area (Å²) in [5, 5.41) is 3.30. The number of hydrogen-bond donors (Lipinski definition) is 1. The van der Waals surface area contributed by atoms with Gasteiger partial charge in [0.25, 0.3) is 0 Å². The summed E-state index contributed by atoms with van der Waals surface area (Å²) in [5.74, 6) is 0.303. The van der Waals surface area contributed by atoms with Crippen LogP contribution in [0.4, 0.5) is 0 Å². The molecular weight excluding hydrogens is 200 g/mol. The van der Waals surface area contributed by atoms with Crippen LogP contribution in [0.1, 0.15) is 53.4 Å². The average molecular weight is 226 g/mol. The number of hydrogen-bond acceptors (Lipinski definition) is 2. The van der Waals surface area contributed by atoms with E-state index in [1.807, 2.05) is 4.90 Å². The second-order valence-corrected chi connectivity index (χ2v) is 5.97. The van der Waals surface area contributed by atoms with Crippen LogP contribution in [0.5, 0.6) is 0 Å². The Morgan fingerprint density at radius 1 is 1.44 bits per heavy atom. The number of rotatable bonds is 5. The van der Waals surface area contributed by atoms with Gasteiger partial charge in [-0.1, -0.05) is 40.5 Å². The number of unbranched alkanes of at least 4 members (excludes halogenated alkanes) is 1. The molecule has 3 heteroatoms. The molecule has 1 N–H and O–H groups in total. The molecule has 1 unspecified atom stereocenters. The van der Waals surface area contributed by atoms with Gasteiger partial charge in [0, 0.05) is 6.54 Å². The highest BCUT2D eigenvalue weighted by Crippen LogP contribution is 2.20. The van der Waals surface area contributed by atoms with Gasteiger partial charge in [0.15, 0.2) is 0 Å². The molecule has 0 aliphatic carbocycles. The fourth-order valence-electron chi connectivity index (χ4n) is 1.90. The van der Waals surface area contributed by atoms with Gasteiger partial charge in [-0.25, -0.2) is 0 Å². The van der Waals surface area contributed by atoms with E-state index in [-0.39, 0.29) is 6.04 Å². The van der Waals surface area contributed by atoms with Gasteiger partial charge < -0.3 is 4.90 Å². The molecule has 1 aliphatic rings. The zero-order chi connectivity index (χ0) is 12.2. The van der Waals surface area contributed by atoms with Crippen LogP contribution in [-0.4, -0.2) is 30.1 Å². The van der Waals surface area contributed by atoms with Gasteiger partial charge in [0.05, 0.1) is 12.7 Å². The normalized spacial score (nSPS) is 21.9. The third kappa shape index (κ3) is 4.12. The van der Waals surface area contributed by atoms with Gasteiger partial charge in [-0.15, -0.1) is 0 Å². The minimum atomic E-state index is 0.0833. The average Bonchev–Trinajstić information content (AvgIpc) is 2.53. The minimum Gasteiger partial charge on any atom is -0.329 e. The summed E-state index contributed by atoms with van der Waals surface area (Å²) in [7, 11) is 0. The quantitative estimate of drug-likeness (QED) is 0.780. The number of nitrogens with one attached hydrogen (secondary N) is 1. The van der Waals surface area contributed by atoms with Crippen molar-refractivity contribution in [3.63, 3.8) is 0 Å². The van der Waals surface area contributed by atoms with E-state index in [1.54, 1.807) is 0 Å². The Hall–Kier alpha value is -0.570. The Balaban J connectivity index is 2.33. The van der Waals surface area contributed by atoms with Gasteiger partial charge in [0.1, 0.15) is 0 Å². The Morgan fingerprint density at radius 2 is 2.12 bits per heavy atom. The van der Waals surface area contributed by atoms with Crippen molar-refractivity contribution >= 4 is 5.91 Å². The van der Waals surface area contributed by atoms with Gasteiger partial charge in [0.2, 0.25) is 5.91 Å². The first-order valence-electron chi connectivity index (χ1n) is 6.46. The van der Waals surface area contributed by atoms with E-state index in [0.717, 1.165) is 38.9 Å². The van der Waals surface area contributed by atoms with Gasteiger partial charge in [-0.3, -0.25) is 10.1 Å². The van der Waals surface area contributed by atoms with Gasteiger partial charge >= 0.3 is 0 Å². The van der Waals surface area contributed by atoms with E-state index in [9.17, 15) is 4.79 Å². The molecule has 0 aromatic rings. The zero-order valence-corrected chi connectivity index (χ0v) is 11.2. The largest absolute Gasteiger partial charge is 0.329 e. The van der Waals surface area contributed by atoms with Crippen LogP contribution in [0, 0.1) is 5.41 Å². The highest BCUT2D eigenvalue weighted by molar-refractivity contribution is 5.83. The topological polar surface area (TPSA) is 32.3 Å². The molecule has 1 atom stereocenters. The lowest BCUT2D eigenvalue weighted by molar-refractivity contribution is -0.129. The van der Waals surface area contributed by atoms with E-state index in [2.05, 4.69) is 33.0 Å². The van der Waals surface area contributed by atoms with E-state index in [4.69, 9.17) is 0 Å². The predicted octanol–water partition coefficient (Wildman–Crippen LogP) is 2.37. The van der Waals surface area contributed by atoms with Crippen molar-refractivity contribution in [3.8, 4) is 0 Å². The minimum absolute atomic E-state index is 0.0833. The fourth-order valence-corrected chi connectivity index (χ4v) is 1.90. The van der Waals surface area contributed by atoms with Gasteiger partial charge in [-0.2, -0.15) is 0 Å². The second-order valence-electron chi connectivity index (χ2n) is 5.97. The molecular formula is C13H26N2O. The summed E-state index contributed by atoms with van der Waals surface area (Å²) < 4.78 is 0. The first-order valence-corrected chi connectivity index (χ1v) is 6.46. The third-order valence-corrected chi connectivity index (χ3v) is 3.12. The Labute approximate surface area is 99.6 Å².